The average Bonchev–Trinajstić information content (AvgIpc) is 2.50. The highest BCUT2D eigenvalue weighted by molar-refractivity contribution is 7.86. The molecule has 0 aromatic carbocycles. The summed E-state index contributed by atoms with van der Waals surface area (Å²) in [6.07, 6.45) is 1.97. The first-order valence-corrected chi connectivity index (χ1v) is 6.01. The van der Waals surface area contributed by atoms with Crippen LogP contribution < -0.4 is 5.73 Å². The predicted molar refractivity (Wildman–Crippen MR) is 49.3 cm³/mol. The van der Waals surface area contributed by atoms with Crippen molar-refractivity contribution < 1.29 is 8.42 Å². The minimum absolute atomic E-state index is 0.0392. The molecule has 2 fully saturated rings. The standard InChI is InChI=1S/C7H15N3O2S/c8-7-5-10(6-7)13(11,12)9-3-1-2-4-9/h7H,1-6,8H2. The molecule has 2 heterocycles. The molecule has 0 amide bonds. The predicted octanol–water partition coefficient (Wildman–Crippen LogP) is -1.03. The van der Waals surface area contributed by atoms with E-state index in [4.69, 9.17) is 5.73 Å². The van der Waals surface area contributed by atoms with E-state index in [1.54, 1.807) is 4.31 Å². The lowest BCUT2D eigenvalue weighted by Gasteiger charge is -2.37. The molecule has 0 spiro atoms. The van der Waals surface area contributed by atoms with Crippen molar-refractivity contribution in [3.63, 3.8) is 0 Å². The Bertz CT molecular complexity index is 278. The van der Waals surface area contributed by atoms with E-state index in [-0.39, 0.29) is 6.04 Å². The normalized spacial score (nSPS) is 27.8. The van der Waals surface area contributed by atoms with Crippen LogP contribution in [0.3, 0.4) is 0 Å². The van der Waals surface area contributed by atoms with Crippen LogP contribution in [-0.4, -0.2) is 49.2 Å². The van der Waals surface area contributed by atoms with Crippen molar-refractivity contribution >= 4 is 10.2 Å². The van der Waals surface area contributed by atoms with Crippen molar-refractivity contribution in [2.75, 3.05) is 26.2 Å². The fraction of sp³-hybridized carbons (Fsp3) is 1.00. The summed E-state index contributed by atoms with van der Waals surface area (Å²) in [5.41, 5.74) is 5.54. The van der Waals surface area contributed by atoms with Crippen LogP contribution in [0.15, 0.2) is 0 Å². The Kier molecular flexibility index (Phi) is 2.31. The van der Waals surface area contributed by atoms with Gasteiger partial charge in [0.15, 0.2) is 0 Å². The maximum absolute atomic E-state index is 11.8. The van der Waals surface area contributed by atoms with Crippen LogP contribution in [0.2, 0.25) is 0 Å². The van der Waals surface area contributed by atoms with Gasteiger partial charge in [0.2, 0.25) is 0 Å². The molecule has 0 atom stereocenters. The molecular weight excluding hydrogens is 190 g/mol. The minimum Gasteiger partial charge on any atom is -0.325 e. The zero-order valence-corrected chi connectivity index (χ0v) is 8.33. The molecule has 0 bridgehead atoms. The first-order chi connectivity index (χ1) is 6.10. The largest absolute Gasteiger partial charge is 0.325 e. The van der Waals surface area contributed by atoms with Crippen molar-refractivity contribution in [2.45, 2.75) is 18.9 Å². The summed E-state index contributed by atoms with van der Waals surface area (Å²) in [5, 5.41) is 0. The fourth-order valence-corrected chi connectivity index (χ4v) is 3.55. The third-order valence-electron chi connectivity index (χ3n) is 2.59. The Morgan fingerprint density at radius 2 is 1.62 bits per heavy atom. The van der Waals surface area contributed by atoms with Crippen LogP contribution in [0.4, 0.5) is 0 Å². The number of nitrogens with two attached hydrogens (primary N) is 1. The summed E-state index contributed by atoms with van der Waals surface area (Å²) in [7, 11) is -3.15. The van der Waals surface area contributed by atoms with Gasteiger partial charge in [-0.1, -0.05) is 0 Å². The second-order valence-electron chi connectivity index (χ2n) is 3.69. The van der Waals surface area contributed by atoms with E-state index < -0.39 is 10.2 Å². The Morgan fingerprint density at radius 1 is 1.08 bits per heavy atom. The van der Waals surface area contributed by atoms with Gasteiger partial charge in [-0.05, 0) is 12.8 Å². The fourth-order valence-electron chi connectivity index (χ4n) is 1.74. The van der Waals surface area contributed by atoms with E-state index >= 15 is 0 Å². The summed E-state index contributed by atoms with van der Waals surface area (Å²) >= 11 is 0. The number of hydrogen-bond acceptors (Lipinski definition) is 3. The van der Waals surface area contributed by atoms with Gasteiger partial charge in [0, 0.05) is 32.2 Å². The third-order valence-corrected chi connectivity index (χ3v) is 4.56. The molecule has 0 aromatic heterocycles. The third kappa shape index (κ3) is 1.59. The topological polar surface area (TPSA) is 66.6 Å². The first-order valence-electron chi connectivity index (χ1n) is 4.61. The van der Waals surface area contributed by atoms with E-state index in [0.717, 1.165) is 12.8 Å². The molecule has 0 saturated carbocycles. The first kappa shape index (κ1) is 9.39. The molecule has 2 aliphatic heterocycles. The molecule has 0 unspecified atom stereocenters. The Labute approximate surface area is 78.7 Å². The van der Waals surface area contributed by atoms with Crippen LogP contribution in [0.25, 0.3) is 0 Å². The zero-order valence-electron chi connectivity index (χ0n) is 7.52. The lowest BCUT2D eigenvalue weighted by molar-refractivity contribution is 0.246. The molecule has 76 valence electrons. The average molecular weight is 205 g/mol. The van der Waals surface area contributed by atoms with E-state index in [2.05, 4.69) is 0 Å². The molecule has 0 aliphatic carbocycles. The summed E-state index contributed by atoms with van der Waals surface area (Å²) in [6.45, 7) is 2.32. The monoisotopic (exact) mass is 205 g/mol. The van der Waals surface area contributed by atoms with Gasteiger partial charge in [0.1, 0.15) is 0 Å². The van der Waals surface area contributed by atoms with Gasteiger partial charge in [-0.2, -0.15) is 17.0 Å². The summed E-state index contributed by atoms with van der Waals surface area (Å²) in [6, 6.07) is 0.0392. The number of nitrogens with zero attached hydrogens (tertiary/aromatic N) is 2. The van der Waals surface area contributed by atoms with Gasteiger partial charge in [-0.3, -0.25) is 0 Å². The summed E-state index contributed by atoms with van der Waals surface area (Å²) < 4.78 is 26.5. The van der Waals surface area contributed by atoms with Crippen LogP contribution in [-0.2, 0) is 10.2 Å². The lowest BCUT2D eigenvalue weighted by Crippen LogP contribution is -2.60. The molecule has 2 saturated heterocycles. The molecule has 0 aromatic rings. The molecule has 2 rings (SSSR count). The Morgan fingerprint density at radius 3 is 2.08 bits per heavy atom. The second-order valence-corrected chi connectivity index (χ2v) is 5.62. The highest BCUT2D eigenvalue weighted by Gasteiger charge is 2.38. The van der Waals surface area contributed by atoms with Crippen LogP contribution in [0.5, 0.6) is 0 Å². The van der Waals surface area contributed by atoms with Crippen molar-refractivity contribution in [3.8, 4) is 0 Å². The van der Waals surface area contributed by atoms with Gasteiger partial charge in [-0.15, -0.1) is 0 Å². The quantitative estimate of drug-likeness (QED) is 0.627. The summed E-state index contributed by atoms with van der Waals surface area (Å²) in [4.78, 5) is 0. The van der Waals surface area contributed by atoms with Crippen LogP contribution in [0, 0.1) is 0 Å². The molecule has 6 heteroatoms. The van der Waals surface area contributed by atoms with Crippen molar-refractivity contribution in [1.29, 1.82) is 0 Å². The Hall–Kier alpha value is -0.170. The Balaban J connectivity index is 2.03. The highest BCUT2D eigenvalue weighted by atomic mass is 32.2. The number of rotatable bonds is 2. The van der Waals surface area contributed by atoms with E-state index in [0.29, 0.717) is 26.2 Å². The molecule has 13 heavy (non-hydrogen) atoms. The van der Waals surface area contributed by atoms with E-state index in [1.807, 2.05) is 0 Å². The molecule has 2 N–H and O–H groups in total. The van der Waals surface area contributed by atoms with Crippen molar-refractivity contribution in [3.05, 3.63) is 0 Å². The van der Waals surface area contributed by atoms with Crippen LogP contribution >= 0.6 is 0 Å². The molecular formula is C7H15N3O2S. The SMILES string of the molecule is NC1CN(S(=O)(=O)N2CCCC2)C1. The highest BCUT2D eigenvalue weighted by Crippen LogP contribution is 2.20. The zero-order chi connectivity index (χ0) is 9.47. The van der Waals surface area contributed by atoms with E-state index in [1.165, 1.54) is 4.31 Å². The molecule has 2 aliphatic rings. The minimum atomic E-state index is -3.15. The maximum Gasteiger partial charge on any atom is 0.282 e. The van der Waals surface area contributed by atoms with Gasteiger partial charge in [0.25, 0.3) is 10.2 Å². The number of hydrogen-bond donors (Lipinski definition) is 1. The summed E-state index contributed by atoms with van der Waals surface area (Å²) in [5.74, 6) is 0. The second kappa shape index (κ2) is 3.20. The van der Waals surface area contributed by atoms with Crippen molar-refractivity contribution in [1.82, 2.24) is 8.61 Å². The van der Waals surface area contributed by atoms with Crippen molar-refractivity contribution in [2.24, 2.45) is 5.73 Å². The van der Waals surface area contributed by atoms with Crippen LogP contribution in [0.1, 0.15) is 12.8 Å². The smallest absolute Gasteiger partial charge is 0.282 e. The van der Waals surface area contributed by atoms with Gasteiger partial charge < -0.3 is 5.73 Å². The van der Waals surface area contributed by atoms with Gasteiger partial charge in [0.05, 0.1) is 0 Å². The van der Waals surface area contributed by atoms with Gasteiger partial charge >= 0.3 is 0 Å². The molecule has 0 radical (unpaired) electrons. The maximum atomic E-state index is 11.8. The van der Waals surface area contributed by atoms with E-state index in [9.17, 15) is 8.42 Å². The lowest BCUT2D eigenvalue weighted by atomic mass is 10.2. The van der Waals surface area contributed by atoms with Gasteiger partial charge in [-0.25, -0.2) is 0 Å². The molecule has 5 nitrogen and oxygen atoms in total.